The van der Waals surface area contributed by atoms with Crippen molar-refractivity contribution in [2.45, 2.75) is 84.2 Å². The van der Waals surface area contributed by atoms with E-state index in [1.54, 1.807) is 6.92 Å². The van der Waals surface area contributed by atoms with Crippen molar-refractivity contribution < 1.29 is 28.9 Å². The fourth-order valence-corrected chi connectivity index (χ4v) is 3.62. The Morgan fingerprint density at radius 1 is 1.15 bits per heavy atom. The van der Waals surface area contributed by atoms with Gasteiger partial charge >= 0.3 is 11.9 Å². The molecule has 1 aromatic rings. The number of guanidine groups is 1. The highest BCUT2D eigenvalue weighted by Gasteiger charge is 2.41. The second-order valence-electron chi connectivity index (χ2n) is 9.59. The van der Waals surface area contributed by atoms with Crippen molar-refractivity contribution >= 4 is 17.9 Å². The molecule has 2 rings (SSSR count). The van der Waals surface area contributed by atoms with Crippen LogP contribution in [-0.2, 0) is 30.4 Å². The van der Waals surface area contributed by atoms with E-state index in [4.69, 9.17) is 25.4 Å². The lowest BCUT2D eigenvalue weighted by Crippen LogP contribution is -2.46. The summed E-state index contributed by atoms with van der Waals surface area (Å²) in [6.07, 6.45) is 2.77. The average Bonchev–Trinajstić information content (AvgIpc) is 2.82. The van der Waals surface area contributed by atoms with Gasteiger partial charge in [-0.1, -0.05) is 36.8 Å². The summed E-state index contributed by atoms with van der Waals surface area (Å²) >= 11 is 0. The van der Waals surface area contributed by atoms with E-state index >= 15 is 0 Å². The fourth-order valence-electron chi connectivity index (χ4n) is 3.62. The van der Waals surface area contributed by atoms with Crippen molar-refractivity contribution in [3.05, 3.63) is 35.4 Å². The molecule has 9 nitrogen and oxygen atoms in total. The molecule has 0 saturated heterocycles. The number of benzene rings is 1. The number of ether oxygens (including phenoxy) is 3. The molecular weight excluding hydrogens is 438 g/mol. The number of esters is 2. The molecule has 190 valence electrons. The molecule has 0 bridgehead atoms. The Balaban J connectivity index is 1.89. The van der Waals surface area contributed by atoms with Crippen molar-refractivity contribution in [1.82, 2.24) is 5.32 Å². The summed E-state index contributed by atoms with van der Waals surface area (Å²) in [7, 11) is 0. The highest BCUT2D eigenvalue weighted by Crippen LogP contribution is 2.27. The van der Waals surface area contributed by atoms with Gasteiger partial charge in [0, 0.05) is 6.04 Å². The molecule has 2 atom stereocenters. The maximum Gasteiger partial charge on any atom is 0.338 e. The molecular formula is C25H39N3O6. The number of rotatable bonds is 11. The van der Waals surface area contributed by atoms with E-state index in [-0.39, 0.29) is 31.3 Å². The van der Waals surface area contributed by atoms with E-state index in [1.807, 2.05) is 38.1 Å². The minimum absolute atomic E-state index is 0.0722. The zero-order valence-corrected chi connectivity index (χ0v) is 20.7. The van der Waals surface area contributed by atoms with Crippen LogP contribution in [0.15, 0.2) is 24.3 Å². The summed E-state index contributed by atoms with van der Waals surface area (Å²) in [5.74, 6) is -1.27. The predicted octanol–water partition coefficient (Wildman–Crippen LogP) is 2.56. The number of nitrogens with one attached hydrogen (secondary N) is 2. The Kier molecular flexibility index (Phi) is 9.88. The van der Waals surface area contributed by atoms with Gasteiger partial charge in [-0.15, -0.1) is 0 Å². The van der Waals surface area contributed by atoms with E-state index < -0.39 is 29.6 Å². The van der Waals surface area contributed by atoms with Gasteiger partial charge in [-0.2, -0.15) is 0 Å². The maximum absolute atomic E-state index is 12.9. The van der Waals surface area contributed by atoms with E-state index in [1.165, 1.54) is 6.92 Å². The predicted molar refractivity (Wildman–Crippen MR) is 128 cm³/mol. The highest BCUT2D eigenvalue weighted by molar-refractivity contribution is 5.81. The number of carbonyl (C=O) groups excluding carboxylic acids is 2. The average molecular weight is 478 g/mol. The number of aliphatic hydroxyl groups excluding tert-OH is 1. The first-order valence-corrected chi connectivity index (χ1v) is 11.8. The standard InChI is InChI=1S/C25H39N3O6/c1-5-25(4,33-14-18-8-6-17(2)7-9-18)22(31)32-16-24(3,15-29)21(30)34-20-12-10-19(11-13-20)28-23(26)27/h6-9,19-20,29H,5,10-16H2,1-4H3,(H4,26,27,28). The minimum atomic E-state index is -1.38. The molecule has 1 aliphatic carbocycles. The Morgan fingerprint density at radius 3 is 2.29 bits per heavy atom. The molecule has 0 heterocycles. The SMILES string of the molecule is CCC(C)(OCc1ccc(C)cc1)C(=O)OCC(C)(CO)C(=O)OC1CCC(NC(=N)N)CC1. The maximum atomic E-state index is 12.9. The molecule has 0 amide bonds. The molecule has 5 N–H and O–H groups in total. The van der Waals surface area contributed by atoms with Gasteiger partial charge in [-0.25, -0.2) is 4.79 Å². The van der Waals surface area contributed by atoms with Crippen molar-refractivity contribution in [2.75, 3.05) is 13.2 Å². The Morgan fingerprint density at radius 2 is 1.76 bits per heavy atom. The van der Waals surface area contributed by atoms with Crippen LogP contribution in [0.3, 0.4) is 0 Å². The van der Waals surface area contributed by atoms with Crippen LogP contribution in [0, 0.1) is 17.7 Å². The van der Waals surface area contributed by atoms with Gasteiger partial charge in [0.25, 0.3) is 0 Å². The summed E-state index contributed by atoms with van der Waals surface area (Å²) in [5.41, 5.74) is 4.88. The lowest BCUT2D eigenvalue weighted by Gasteiger charge is -2.33. The van der Waals surface area contributed by atoms with Crippen LogP contribution in [0.4, 0.5) is 0 Å². The largest absolute Gasteiger partial charge is 0.462 e. The van der Waals surface area contributed by atoms with Crippen LogP contribution in [0.5, 0.6) is 0 Å². The summed E-state index contributed by atoms with van der Waals surface area (Å²) in [6, 6.07) is 7.93. The third-order valence-corrected chi connectivity index (χ3v) is 6.46. The van der Waals surface area contributed by atoms with Crippen LogP contribution in [0.25, 0.3) is 0 Å². The van der Waals surface area contributed by atoms with Gasteiger partial charge in [0.1, 0.15) is 18.1 Å². The molecule has 0 aliphatic heterocycles. The summed E-state index contributed by atoms with van der Waals surface area (Å²) in [6.45, 7) is 6.42. The molecule has 34 heavy (non-hydrogen) atoms. The summed E-state index contributed by atoms with van der Waals surface area (Å²) < 4.78 is 17.0. The molecule has 9 heteroatoms. The first-order chi connectivity index (χ1) is 16.0. The highest BCUT2D eigenvalue weighted by atomic mass is 16.6. The molecule has 0 aromatic heterocycles. The second-order valence-corrected chi connectivity index (χ2v) is 9.59. The van der Waals surface area contributed by atoms with Crippen LogP contribution in [0.2, 0.25) is 0 Å². The lowest BCUT2D eigenvalue weighted by atomic mass is 9.90. The number of nitrogens with two attached hydrogens (primary N) is 1. The number of hydrogen-bond acceptors (Lipinski definition) is 7. The zero-order chi connectivity index (χ0) is 25.4. The summed E-state index contributed by atoms with van der Waals surface area (Å²) in [5, 5.41) is 20.1. The summed E-state index contributed by atoms with van der Waals surface area (Å²) in [4.78, 5) is 25.7. The molecule has 1 fully saturated rings. The topological polar surface area (TPSA) is 144 Å². The van der Waals surface area contributed by atoms with Crippen LogP contribution in [-0.4, -0.2) is 54.0 Å². The molecule has 1 aliphatic rings. The van der Waals surface area contributed by atoms with Gasteiger partial charge < -0.3 is 30.4 Å². The van der Waals surface area contributed by atoms with Gasteiger partial charge in [-0.05, 0) is 58.4 Å². The van der Waals surface area contributed by atoms with Crippen LogP contribution < -0.4 is 11.1 Å². The fraction of sp³-hybridized carbons (Fsp3) is 0.640. The first-order valence-electron chi connectivity index (χ1n) is 11.8. The first kappa shape index (κ1) is 27.6. The van der Waals surface area contributed by atoms with Crippen molar-refractivity contribution in [1.29, 1.82) is 5.41 Å². The molecule has 0 spiro atoms. The van der Waals surface area contributed by atoms with Crippen molar-refractivity contribution in [3.63, 3.8) is 0 Å². The number of aliphatic hydroxyl groups is 1. The minimum Gasteiger partial charge on any atom is -0.462 e. The molecule has 0 radical (unpaired) electrons. The van der Waals surface area contributed by atoms with E-state index in [0.717, 1.165) is 24.0 Å². The molecule has 1 saturated carbocycles. The third-order valence-electron chi connectivity index (χ3n) is 6.46. The third kappa shape index (κ3) is 7.70. The van der Waals surface area contributed by atoms with Crippen molar-refractivity contribution in [3.8, 4) is 0 Å². The van der Waals surface area contributed by atoms with E-state index in [9.17, 15) is 14.7 Å². The molecule has 2 unspecified atom stereocenters. The normalized spacial score (nSPS) is 21.6. The Labute approximate surface area is 201 Å². The molecule has 1 aromatic carbocycles. The number of hydrogen-bond donors (Lipinski definition) is 4. The van der Waals surface area contributed by atoms with Gasteiger partial charge in [0.15, 0.2) is 11.6 Å². The lowest BCUT2D eigenvalue weighted by molar-refractivity contribution is -0.183. The zero-order valence-electron chi connectivity index (χ0n) is 20.7. The van der Waals surface area contributed by atoms with E-state index in [2.05, 4.69) is 5.32 Å². The van der Waals surface area contributed by atoms with Gasteiger partial charge in [0.05, 0.1) is 13.2 Å². The number of aryl methyl sites for hydroxylation is 1. The monoisotopic (exact) mass is 477 g/mol. The van der Waals surface area contributed by atoms with Crippen LogP contribution in [0.1, 0.15) is 64.0 Å². The van der Waals surface area contributed by atoms with Crippen LogP contribution >= 0.6 is 0 Å². The number of carbonyl (C=O) groups is 2. The van der Waals surface area contributed by atoms with Crippen molar-refractivity contribution in [2.24, 2.45) is 11.1 Å². The smallest absolute Gasteiger partial charge is 0.338 e. The second kappa shape index (κ2) is 12.2. The van der Waals surface area contributed by atoms with E-state index in [0.29, 0.717) is 19.3 Å². The Bertz CT molecular complexity index is 838. The Hall–Kier alpha value is -2.65. The van der Waals surface area contributed by atoms with Gasteiger partial charge in [-0.3, -0.25) is 10.2 Å². The quantitative estimate of drug-likeness (QED) is 0.216. The van der Waals surface area contributed by atoms with Gasteiger partial charge in [0.2, 0.25) is 0 Å².